The number of amides is 1. The van der Waals surface area contributed by atoms with Crippen LogP contribution in [0.3, 0.4) is 0 Å². The lowest BCUT2D eigenvalue weighted by molar-refractivity contribution is 0.0956. The lowest BCUT2D eigenvalue weighted by Crippen LogP contribution is -2.20. The summed E-state index contributed by atoms with van der Waals surface area (Å²) in [4.78, 5) is 17.9. The van der Waals surface area contributed by atoms with Crippen molar-refractivity contribution < 1.29 is 9.53 Å². The number of aryl methyl sites for hydroxylation is 1. The molecule has 0 fully saturated rings. The minimum Gasteiger partial charge on any atom is -0.494 e. The molecule has 0 radical (unpaired) electrons. The van der Waals surface area contributed by atoms with Crippen molar-refractivity contribution in [3.05, 3.63) is 95.6 Å². The molecule has 5 nitrogen and oxygen atoms in total. The number of hydrogen-bond donors (Lipinski definition) is 1. The van der Waals surface area contributed by atoms with E-state index in [0.717, 1.165) is 33.5 Å². The van der Waals surface area contributed by atoms with E-state index in [1.54, 1.807) is 0 Å². The third-order valence-corrected chi connectivity index (χ3v) is 5.22. The molecule has 0 aliphatic rings. The van der Waals surface area contributed by atoms with Crippen LogP contribution in [0.2, 0.25) is 0 Å². The first-order valence-corrected chi connectivity index (χ1v) is 10.6. The van der Waals surface area contributed by atoms with Gasteiger partial charge in [-0.3, -0.25) is 4.79 Å². The minimum atomic E-state index is -0.276. The molecule has 1 N–H and O–H groups in total. The Morgan fingerprint density at radius 1 is 1.00 bits per heavy atom. The molecule has 4 aromatic rings. The number of hydrazone groups is 1. The SMILES string of the molecule is CCOc1ccc(/C(C)=N\NC(=O)c2cc(-c3ccc(C)cc3)nc3ccccc23)cc1. The average Bonchev–Trinajstić information content (AvgIpc) is 2.82. The minimum absolute atomic E-state index is 0.276. The Labute approximate surface area is 187 Å². The molecule has 0 bridgehead atoms. The Bertz CT molecular complexity index is 1280. The second-order valence-corrected chi connectivity index (χ2v) is 7.53. The van der Waals surface area contributed by atoms with Gasteiger partial charge in [-0.25, -0.2) is 10.4 Å². The molecule has 1 aromatic heterocycles. The number of nitrogens with one attached hydrogen (secondary N) is 1. The zero-order valence-corrected chi connectivity index (χ0v) is 18.4. The summed E-state index contributed by atoms with van der Waals surface area (Å²) in [7, 11) is 0. The van der Waals surface area contributed by atoms with Gasteiger partial charge in [-0.15, -0.1) is 0 Å². The summed E-state index contributed by atoms with van der Waals surface area (Å²) in [5, 5.41) is 5.11. The van der Waals surface area contributed by atoms with Gasteiger partial charge in [0.2, 0.25) is 0 Å². The van der Waals surface area contributed by atoms with Crippen molar-refractivity contribution in [2.75, 3.05) is 6.61 Å². The van der Waals surface area contributed by atoms with Crippen LogP contribution >= 0.6 is 0 Å². The second kappa shape index (κ2) is 9.43. The monoisotopic (exact) mass is 423 g/mol. The molecule has 0 saturated carbocycles. The van der Waals surface area contributed by atoms with Crippen molar-refractivity contribution in [3.8, 4) is 17.0 Å². The number of ether oxygens (including phenoxy) is 1. The van der Waals surface area contributed by atoms with Gasteiger partial charge < -0.3 is 4.74 Å². The summed E-state index contributed by atoms with van der Waals surface area (Å²) in [5.74, 6) is 0.530. The van der Waals surface area contributed by atoms with Gasteiger partial charge in [-0.1, -0.05) is 48.0 Å². The van der Waals surface area contributed by atoms with Crippen molar-refractivity contribution in [2.24, 2.45) is 5.10 Å². The molecule has 0 aliphatic heterocycles. The van der Waals surface area contributed by atoms with E-state index in [2.05, 4.69) is 10.5 Å². The Hall–Kier alpha value is -3.99. The first-order valence-electron chi connectivity index (χ1n) is 10.6. The van der Waals surface area contributed by atoms with Crippen molar-refractivity contribution in [2.45, 2.75) is 20.8 Å². The van der Waals surface area contributed by atoms with Gasteiger partial charge in [-0.05, 0) is 62.7 Å². The van der Waals surface area contributed by atoms with Gasteiger partial charge in [0.1, 0.15) is 5.75 Å². The second-order valence-electron chi connectivity index (χ2n) is 7.53. The van der Waals surface area contributed by atoms with Crippen LogP contribution in [0.25, 0.3) is 22.2 Å². The Morgan fingerprint density at radius 3 is 2.44 bits per heavy atom. The van der Waals surface area contributed by atoms with E-state index in [0.29, 0.717) is 17.9 Å². The Balaban J connectivity index is 1.63. The van der Waals surface area contributed by atoms with E-state index in [1.165, 1.54) is 5.56 Å². The highest BCUT2D eigenvalue weighted by Crippen LogP contribution is 2.25. The molecule has 0 aliphatic carbocycles. The Kier molecular flexibility index (Phi) is 6.26. The summed E-state index contributed by atoms with van der Waals surface area (Å²) in [5.41, 5.74) is 8.51. The number of nitrogens with zero attached hydrogens (tertiary/aromatic N) is 2. The van der Waals surface area contributed by atoms with Crippen molar-refractivity contribution >= 4 is 22.5 Å². The van der Waals surface area contributed by atoms with Crippen molar-refractivity contribution in [3.63, 3.8) is 0 Å². The fourth-order valence-corrected chi connectivity index (χ4v) is 3.45. The largest absolute Gasteiger partial charge is 0.494 e. The predicted molar refractivity (Wildman–Crippen MR) is 129 cm³/mol. The number of rotatable bonds is 6. The van der Waals surface area contributed by atoms with E-state index < -0.39 is 0 Å². The first-order chi connectivity index (χ1) is 15.5. The summed E-state index contributed by atoms with van der Waals surface area (Å²) in [6.07, 6.45) is 0. The van der Waals surface area contributed by atoms with Crippen LogP contribution in [0.15, 0.2) is 84.0 Å². The fourth-order valence-electron chi connectivity index (χ4n) is 3.45. The van der Waals surface area contributed by atoms with Gasteiger partial charge in [0.15, 0.2) is 0 Å². The number of fused-ring (bicyclic) bond motifs is 1. The summed E-state index contributed by atoms with van der Waals surface area (Å²) >= 11 is 0. The maximum absolute atomic E-state index is 13.1. The molecule has 160 valence electrons. The molecule has 0 saturated heterocycles. The topological polar surface area (TPSA) is 63.6 Å². The third-order valence-electron chi connectivity index (χ3n) is 5.22. The third kappa shape index (κ3) is 4.67. The summed E-state index contributed by atoms with van der Waals surface area (Å²) < 4.78 is 5.48. The van der Waals surface area contributed by atoms with E-state index in [9.17, 15) is 4.79 Å². The van der Waals surface area contributed by atoms with E-state index in [4.69, 9.17) is 9.72 Å². The van der Waals surface area contributed by atoms with E-state index in [-0.39, 0.29) is 5.91 Å². The molecule has 32 heavy (non-hydrogen) atoms. The average molecular weight is 424 g/mol. The molecule has 1 amide bonds. The highest BCUT2D eigenvalue weighted by atomic mass is 16.5. The van der Waals surface area contributed by atoms with Crippen LogP contribution in [0.5, 0.6) is 5.75 Å². The van der Waals surface area contributed by atoms with Crippen LogP contribution in [0.4, 0.5) is 0 Å². The van der Waals surface area contributed by atoms with E-state index in [1.807, 2.05) is 99.6 Å². The Morgan fingerprint density at radius 2 is 1.72 bits per heavy atom. The number of aromatic nitrogens is 1. The van der Waals surface area contributed by atoms with Gasteiger partial charge in [0.05, 0.1) is 29.1 Å². The normalized spacial score (nSPS) is 11.4. The van der Waals surface area contributed by atoms with Crippen LogP contribution < -0.4 is 10.2 Å². The van der Waals surface area contributed by atoms with Crippen LogP contribution in [-0.4, -0.2) is 23.2 Å². The lowest BCUT2D eigenvalue weighted by atomic mass is 10.0. The van der Waals surface area contributed by atoms with Crippen molar-refractivity contribution in [1.82, 2.24) is 10.4 Å². The fraction of sp³-hybridized carbons (Fsp3) is 0.148. The van der Waals surface area contributed by atoms with Gasteiger partial charge >= 0.3 is 0 Å². The molecule has 1 heterocycles. The van der Waals surface area contributed by atoms with Crippen LogP contribution in [0.1, 0.15) is 35.3 Å². The van der Waals surface area contributed by atoms with Gasteiger partial charge in [-0.2, -0.15) is 5.10 Å². The van der Waals surface area contributed by atoms with E-state index >= 15 is 0 Å². The predicted octanol–water partition coefficient (Wildman–Crippen LogP) is 5.76. The quantitative estimate of drug-likeness (QED) is 0.317. The summed E-state index contributed by atoms with van der Waals surface area (Å²) in [6, 6.07) is 25.2. The summed E-state index contributed by atoms with van der Waals surface area (Å²) in [6.45, 7) is 6.47. The smallest absolute Gasteiger partial charge is 0.272 e. The van der Waals surface area contributed by atoms with Crippen LogP contribution in [-0.2, 0) is 0 Å². The zero-order chi connectivity index (χ0) is 22.5. The molecule has 4 rings (SSSR count). The van der Waals surface area contributed by atoms with Gasteiger partial charge in [0, 0.05) is 10.9 Å². The lowest BCUT2D eigenvalue weighted by Gasteiger charge is -2.10. The number of benzene rings is 3. The molecular weight excluding hydrogens is 398 g/mol. The molecule has 3 aromatic carbocycles. The molecular formula is C27H25N3O2. The molecule has 5 heteroatoms. The van der Waals surface area contributed by atoms with Gasteiger partial charge in [0.25, 0.3) is 5.91 Å². The number of pyridine rings is 1. The highest BCUT2D eigenvalue weighted by molar-refractivity contribution is 6.08. The molecule has 0 atom stereocenters. The maximum Gasteiger partial charge on any atom is 0.272 e. The number of carbonyl (C=O) groups is 1. The van der Waals surface area contributed by atoms with Crippen molar-refractivity contribution in [1.29, 1.82) is 0 Å². The number of hydrogen-bond acceptors (Lipinski definition) is 4. The number of para-hydroxylation sites is 1. The standard InChI is InChI=1S/C27H25N3O2/c1-4-32-22-15-13-20(14-16-22)19(3)29-30-27(31)24-17-26(21-11-9-18(2)10-12-21)28-25-8-6-5-7-23(24)25/h5-17H,4H2,1-3H3,(H,30,31)/b29-19-. The molecule has 0 spiro atoms. The maximum atomic E-state index is 13.1. The number of carbonyl (C=O) groups excluding carboxylic acids is 1. The first kappa shape index (κ1) is 21.2. The van der Waals surface area contributed by atoms with Crippen LogP contribution in [0, 0.1) is 6.92 Å². The molecule has 0 unspecified atom stereocenters. The zero-order valence-electron chi connectivity index (χ0n) is 18.4. The highest BCUT2D eigenvalue weighted by Gasteiger charge is 2.14.